The lowest BCUT2D eigenvalue weighted by molar-refractivity contribution is -0.144. The van der Waals surface area contributed by atoms with Crippen LogP contribution in [0.2, 0.25) is 0 Å². The number of halogens is 3. The molecule has 1 saturated heterocycles. The van der Waals surface area contributed by atoms with E-state index in [1.54, 1.807) is 29.2 Å². The molecule has 33 heavy (non-hydrogen) atoms. The van der Waals surface area contributed by atoms with Gasteiger partial charge in [0.25, 0.3) is 5.91 Å². The van der Waals surface area contributed by atoms with Gasteiger partial charge in [-0.1, -0.05) is 0 Å². The van der Waals surface area contributed by atoms with E-state index in [1.165, 1.54) is 17.7 Å². The number of ether oxygens (including phenoxy) is 2. The number of benzene rings is 1. The summed E-state index contributed by atoms with van der Waals surface area (Å²) in [5.74, 6) is 0.932. The van der Waals surface area contributed by atoms with Crippen LogP contribution in [0.5, 0.6) is 11.5 Å². The van der Waals surface area contributed by atoms with Crippen LogP contribution in [0.4, 0.5) is 13.2 Å². The molecule has 180 valence electrons. The molecule has 1 aromatic heterocycles. The van der Waals surface area contributed by atoms with Crippen LogP contribution in [0.15, 0.2) is 30.3 Å². The first-order valence-electron chi connectivity index (χ1n) is 11.2. The number of amides is 1. The van der Waals surface area contributed by atoms with Crippen molar-refractivity contribution in [2.45, 2.75) is 64.0 Å². The lowest BCUT2D eigenvalue weighted by Gasteiger charge is -2.47. The van der Waals surface area contributed by atoms with Gasteiger partial charge in [0.2, 0.25) is 0 Å². The van der Waals surface area contributed by atoms with Crippen molar-refractivity contribution in [1.82, 2.24) is 14.8 Å². The minimum atomic E-state index is -4.39. The fraction of sp³-hybridized carbons (Fsp3) is 0.542. The van der Waals surface area contributed by atoms with Crippen molar-refractivity contribution in [3.63, 3.8) is 0 Å². The second-order valence-electron chi connectivity index (χ2n) is 9.16. The van der Waals surface area contributed by atoms with Gasteiger partial charge in [-0.25, -0.2) is 0 Å². The number of likely N-dealkylation sites (tertiary alicyclic amines) is 1. The van der Waals surface area contributed by atoms with E-state index in [-0.39, 0.29) is 24.6 Å². The maximum Gasteiger partial charge on any atom is 0.431 e. The van der Waals surface area contributed by atoms with Crippen LogP contribution >= 0.6 is 0 Å². The quantitative estimate of drug-likeness (QED) is 0.726. The van der Waals surface area contributed by atoms with Crippen LogP contribution in [0, 0.1) is 0 Å². The van der Waals surface area contributed by atoms with Crippen molar-refractivity contribution in [2.24, 2.45) is 0 Å². The van der Waals surface area contributed by atoms with Gasteiger partial charge < -0.3 is 24.3 Å². The Kier molecular flexibility index (Phi) is 6.11. The number of aromatic nitrogens is 1. The minimum absolute atomic E-state index is 0.0269. The number of hydrogen-bond donors (Lipinski definition) is 1. The smallest absolute Gasteiger partial charge is 0.431 e. The molecule has 1 N–H and O–H groups in total. The van der Waals surface area contributed by atoms with Crippen molar-refractivity contribution in [3.05, 3.63) is 47.3 Å². The standard InChI is InChI=1S/C24H30F3N3O3/c1-15(2)33-18-6-5-17(13-19(18)32-4)22(31)29-11-9-23(10-12-29)20-7-8-21(24(25,26)27)30(20)14-16(3)28-23/h5-8,13,15-16,28H,9-12,14H2,1-4H3. The first-order chi connectivity index (χ1) is 15.5. The Labute approximate surface area is 191 Å². The van der Waals surface area contributed by atoms with E-state index in [0.717, 1.165) is 0 Å². The molecule has 0 saturated carbocycles. The molecule has 2 aromatic rings. The first-order valence-corrected chi connectivity index (χ1v) is 11.2. The molecule has 2 aliphatic rings. The highest BCUT2D eigenvalue weighted by Gasteiger charge is 2.46. The van der Waals surface area contributed by atoms with E-state index < -0.39 is 17.4 Å². The summed E-state index contributed by atoms with van der Waals surface area (Å²) in [6.45, 7) is 6.88. The van der Waals surface area contributed by atoms with Crippen LogP contribution < -0.4 is 14.8 Å². The normalized spacial score (nSPS) is 20.1. The lowest BCUT2D eigenvalue weighted by atomic mass is 9.82. The van der Waals surface area contributed by atoms with E-state index in [4.69, 9.17) is 9.47 Å². The summed E-state index contributed by atoms with van der Waals surface area (Å²) in [7, 11) is 1.53. The Balaban J connectivity index is 1.53. The summed E-state index contributed by atoms with van der Waals surface area (Å²) in [4.78, 5) is 14.9. The third-order valence-electron chi connectivity index (χ3n) is 6.42. The number of nitrogens with zero attached hydrogens (tertiary/aromatic N) is 2. The topological polar surface area (TPSA) is 55.7 Å². The van der Waals surface area contributed by atoms with E-state index in [1.807, 2.05) is 20.8 Å². The molecule has 0 aliphatic carbocycles. The van der Waals surface area contributed by atoms with Crippen molar-refractivity contribution < 1.29 is 27.4 Å². The summed E-state index contributed by atoms with van der Waals surface area (Å²) in [6, 6.07) is 7.76. The van der Waals surface area contributed by atoms with Gasteiger partial charge in [-0.15, -0.1) is 0 Å². The van der Waals surface area contributed by atoms with Gasteiger partial charge in [0.1, 0.15) is 5.69 Å². The van der Waals surface area contributed by atoms with Crippen molar-refractivity contribution in [1.29, 1.82) is 0 Å². The molecule has 9 heteroatoms. The molecule has 1 unspecified atom stereocenters. The van der Waals surface area contributed by atoms with Gasteiger partial charge in [0.15, 0.2) is 11.5 Å². The fourth-order valence-corrected chi connectivity index (χ4v) is 5.02. The van der Waals surface area contributed by atoms with Crippen LogP contribution in [0.1, 0.15) is 55.4 Å². The zero-order valence-electron chi connectivity index (χ0n) is 19.3. The molecule has 1 spiro atoms. The second kappa shape index (κ2) is 8.59. The molecular weight excluding hydrogens is 435 g/mol. The monoisotopic (exact) mass is 465 g/mol. The number of hydrogen-bond acceptors (Lipinski definition) is 4. The molecule has 1 atom stereocenters. The number of alkyl halides is 3. The largest absolute Gasteiger partial charge is 0.493 e. The third kappa shape index (κ3) is 4.43. The Morgan fingerprint density at radius 1 is 1.15 bits per heavy atom. The van der Waals surface area contributed by atoms with Gasteiger partial charge in [-0.3, -0.25) is 4.79 Å². The first kappa shape index (κ1) is 23.5. The van der Waals surface area contributed by atoms with E-state index in [9.17, 15) is 18.0 Å². The minimum Gasteiger partial charge on any atom is -0.493 e. The number of piperidine rings is 1. The highest BCUT2D eigenvalue weighted by atomic mass is 19.4. The third-order valence-corrected chi connectivity index (χ3v) is 6.42. The number of carbonyl (C=O) groups excluding carboxylic acids is 1. The zero-order valence-corrected chi connectivity index (χ0v) is 19.3. The second-order valence-corrected chi connectivity index (χ2v) is 9.16. The predicted octanol–water partition coefficient (Wildman–Crippen LogP) is 4.43. The number of methoxy groups -OCH3 is 1. The zero-order chi connectivity index (χ0) is 24.0. The molecule has 3 heterocycles. The Bertz CT molecular complexity index is 1020. The lowest BCUT2D eigenvalue weighted by Crippen LogP contribution is -2.59. The molecule has 1 fully saturated rings. The number of rotatable bonds is 4. The molecule has 1 amide bonds. The molecule has 6 nitrogen and oxygen atoms in total. The van der Waals surface area contributed by atoms with E-state index in [2.05, 4.69) is 5.32 Å². The number of nitrogens with one attached hydrogen (secondary N) is 1. The van der Waals surface area contributed by atoms with E-state index >= 15 is 0 Å². The molecule has 2 aliphatic heterocycles. The number of carbonyl (C=O) groups is 1. The maximum atomic E-state index is 13.5. The highest BCUT2D eigenvalue weighted by molar-refractivity contribution is 5.95. The summed E-state index contributed by atoms with van der Waals surface area (Å²) in [5, 5.41) is 3.53. The Hall–Kier alpha value is -2.68. The molecule has 0 radical (unpaired) electrons. The highest BCUT2D eigenvalue weighted by Crippen LogP contribution is 2.41. The predicted molar refractivity (Wildman–Crippen MR) is 118 cm³/mol. The van der Waals surface area contributed by atoms with Crippen molar-refractivity contribution in [2.75, 3.05) is 20.2 Å². The fourth-order valence-electron chi connectivity index (χ4n) is 5.02. The summed E-state index contributed by atoms with van der Waals surface area (Å²) in [6.07, 6.45) is -3.34. The SMILES string of the molecule is COc1cc(C(=O)N2CCC3(CC2)NC(C)Cn2c(C(F)(F)F)ccc23)ccc1OC(C)C. The summed E-state index contributed by atoms with van der Waals surface area (Å²) >= 11 is 0. The van der Waals surface area contributed by atoms with Crippen LogP contribution in [0.25, 0.3) is 0 Å². The van der Waals surface area contributed by atoms with Crippen molar-refractivity contribution >= 4 is 5.91 Å². The number of fused-ring (bicyclic) bond motifs is 2. The Morgan fingerprint density at radius 3 is 2.45 bits per heavy atom. The van der Waals surface area contributed by atoms with Crippen LogP contribution in [-0.4, -0.2) is 47.7 Å². The Morgan fingerprint density at radius 2 is 1.85 bits per heavy atom. The molecule has 0 bridgehead atoms. The average Bonchev–Trinajstić information content (AvgIpc) is 3.19. The van der Waals surface area contributed by atoms with Gasteiger partial charge in [-0.2, -0.15) is 13.2 Å². The maximum absolute atomic E-state index is 13.5. The van der Waals surface area contributed by atoms with Gasteiger partial charge in [-0.05, 0) is 63.9 Å². The van der Waals surface area contributed by atoms with Gasteiger partial charge in [0.05, 0.1) is 18.8 Å². The molecular formula is C24H30F3N3O3. The molecule has 4 rings (SSSR count). The van der Waals surface area contributed by atoms with E-state index in [0.29, 0.717) is 48.7 Å². The van der Waals surface area contributed by atoms with Crippen LogP contribution in [0.3, 0.4) is 0 Å². The average molecular weight is 466 g/mol. The van der Waals surface area contributed by atoms with Crippen LogP contribution in [-0.2, 0) is 18.3 Å². The van der Waals surface area contributed by atoms with Crippen molar-refractivity contribution in [3.8, 4) is 11.5 Å². The summed E-state index contributed by atoms with van der Waals surface area (Å²) in [5.41, 5.74) is -0.0482. The van der Waals surface area contributed by atoms with Gasteiger partial charge >= 0.3 is 6.18 Å². The van der Waals surface area contributed by atoms with Gasteiger partial charge in [0, 0.05) is 36.9 Å². The summed E-state index contributed by atoms with van der Waals surface area (Å²) < 4.78 is 53.0. The molecule has 1 aromatic carbocycles.